The van der Waals surface area contributed by atoms with Gasteiger partial charge in [0.1, 0.15) is 5.60 Å². The van der Waals surface area contributed by atoms with Gasteiger partial charge >= 0.3 is 5.97 Å². The summed E-state index contributed by atoms with van der Waals surface area (Å²) in [7, 11) is 0. The van der Waals surface area contributed by atoms with Crippen LogP contribution in [-0.4, -0.2) is 5.97 Å². The average Bonchev–Trinajstić information content (AvgIpc) is 2.59. The van der Waals surface area contributed by atoms with Crippen molar-refractivity contribution in [1.29, 1.82) is 0 Å². The summed E-state index contributed by atoms with van der Waals surface area (Å²) < 4.78 is 5.91. The molecule has 1 atom stereocenters. The highest BCUT2D eigenvalue weighted by molar-refractivity contribution is 5.87. The van der Waals surface area contributed by atoms with Crippen LogP contribution in [0.2, 0.25) is 0 Å². The van der Waals surface area contributed by atoms with Gasteiger partial charge in [-0.15, -0.1) is 0 Å². The standard InChI is InChI=1S/C17H20O2/c1-12(2)15(18)19-16(3)14-8-5-4-7-13(14)11-17(16)9-6-10-17/h4-5,7-8H,1,6,9-11H2,2-3H3. The average molecular weight is 256 g/mol. The lowest BCUT2D eigenvalue weighted by molar-refractivity contribution is -0.179. The Hall–Kier alpha value is -1.57. The fourth-order valence-corrected chi connectivity index (χ4v) is 3.65. The maximum atomic E-state index is 12.0. The summed E-state index contributed by atoms with van der Waals surface area (Å²) in [5, 5.41) is 0. The van der Waals surface area contributed by atoms with Gasteiger partial charge in [0.25, 0.3) is 0 Å². The van der Waals surface area contributed by atoms with E-state index in [-0.39, 0.29) is 11.4 Å². The van der Waals surface area contributed by atoms with Crippen molar-refractivity contribution >= 4 is 5.97 Å². The minimum Gasteiger partial charge on any atom is -0.451 e. The van der Waals surface area contributed by atoms with Crippen LogP contribution in [0.4, 0.5) is 0 Å². The molecule has 0 aliphatic heterocycles. The van der Waals surface area contributed by atoms with E-state index in [1.165, 1.54) is 17.5 Å². The lowest BCUT2D eigenvalue weighted by Gasteiger charge is -2.49. The molecule has 1 spiro atoms. The molecule has 1 saturated carbocycles. The van der Waals surface area contributed by atoms with Crippen molar-refractivity contribution in [1.82, 2.24) is 0 Å². The van der Waals surface area contributed by atoms with E-state index in [1.807, 2.05) is 6.07 Å². The number of rotatable bonds is 2. The molecule has 0 N–H and O–H groups in total. The van der Waals surface area contributed by atoms with E-state index in [2.05, 4.69) is 31.7 Å². The molecule has 3 rings (SSSR count). The Morgan fingerprint density at radius 3 is 2.58 bits per heavy atom. The summed E-state index contributed by atoms with van der Waals surface area (Å²) in [6.45, 7) is 7.49. The normalized spacial score (nSPS) is 26.6. The molecule has 2 nitrogen and oxygen atoms in total. The quantitative estimate of drug-likeness (QED) is 0.595. The van der Waals surface area contributed by atoms with Crippen molar-refractivity contribution < 1.29 is 9.53 Å². The summed E-state index contributed by atoms with van der Waals surface area (Å²) in [4.78, 5) is 12.0. The van der Waals surface area contributed by atoms with Crippen molar-refractivity contribution in [2.75, 3.05) is 0 Å². The minimum atomic E-state index is -0.488. The second-order valence-electron chi connectivity index (χ2n) is 6.17. The van der Waals surface area contributed by atoms with E-state index in [0.717, 1.165) is 19.3 Å². The molecule has 0 heterocycles. The third kappa shape index (κ3) is 1.59. The number of fused-ring (bicyclic) bond motifs is 1. The van der Waals surface area contributed by atoms with E-state index >= 15 is 0 Å². The summed E-state index contributed by atoms with van der Waals surface area (Å²) >= 11 is 0. The van der Waals surface area contributed by atoms with Crippen LogP contribution in [0.5, 0.6) is 0 Å². The third-order valence-electron chi connectivity index (χ3n) is 5.03. The molecular weight excluding hydrogens is 236 g/mol. The van der Waals surface area contributed by atoms with Gasteiger partial charge in [0.2, 0.25) is 0 Å². The van der Waals surface area contributed by atoms with Gasteiger partial charge in [0.15, 0.2) is 0 Å². The van der Waals surface area contributed by atoms with Crippen LogP contribution < -0.4 is 0 Å². The Labute approximate surface area is 114 Å². The van der Waals surface area contributed by atoms with Gasteiger partial charge in [0.05, 0.1) is 0 Å². The highest BCUT2D eigenvalue weighted by Crippen LogP contribution is 2.62. The summed E-state index contributed by atoms with van der Waals surface area (Å²) in [5.74, 6) is -0.273. The number of esters is 1. The fourth-order valence-electron chi connectivity index (χ4n) is 3.65. The summed E-state index contributed by atoms with van der Waals surface area (Å²) in [5.41, 5.74) is 2.61. The molecule has 0 radical (unpaired) electrons. The molecule has 0 bridgehead atoms. The van der Waals surface area contributed by atoms with Gasteiger partial charge in [-0.2, -0.15) is 0 Å². The minimum absolute atomic E-state index is 0.113. The van der Waals surface area contributed by atoms with Crippen molar-refractivity contribution in [2.45, 2.75) is 45.1 Å². The SMILES string of the molecule is C=C(C)C(=O)OC1(C)c2ccccc2CC12CCC2. The fraction of sp³-hybridized carbons (Fsp3) is 0.471. The summed E-state index contributed by atoms with van der Waals surface area (Å²) in [6, 6.07) is 8.37. The number of hydrogen-bond acceptors (Lipinski definition) is 2. The maximum absolute atomic E-state index is 12.0. The Bertz CT molecular complexity index is 554. The van der Waals surface area contributed by atoms with E-state index in [0.29, 0.717) is 5.57 Å². The van der Waals surface area contributed by atoms with Crippen LogP contribution in [0.1, 0.15) is 44.2 Å². The van der Waals surface area contributed by atoms with E-state index in [4.69, 9.17) is 4.74 Å². The van der Waals surface area contributed by atoms with Crippen molar-refractivity contribution in [3.8, 4) is 0 Å². The van der Waals surface area contributed by atoms with E-state index < -0.39 is 5.60 Å². The van der Waals surface area contributed by atoms with Crippen LogP contribution in [-0.2, 0) is 21.6 Å². The van der Waals surface area contributed by atoms with Gasteiger partial charge in [-0.1, -0.05) is 37.3 Å². The van der Waals surface area contributed by atoms with Crippen LogP contribution >= 0.6 is 0 Å². The molecule has 2 aliphatic rings. The highest BCUT2D eigenvalue weighted by Gasteiger charge is 2.60. The predicted molar refractivity (Wildman–Crippen MR) is 74.7 cm³/mol. The van der Waals surface area contributed by atoms with Gasteiger partial charge in [0, 0.05) is 11.0 Å². The molecule has 2 heteroatoms. The highest BCUT2D eigenvalue weighted by atomic mass is 16.6. The molecular formula is C17H20O2. The first kappa shape index (κ1) is 12.5. The smallest absolute Gasteiger partial charge is 0.334 e. The zero-order valence-electron chi connectivity index (χ0n) is 11.7. The number of carbonyl (C=O) groups is 1. The lowest BCUT2D eigenvalue weighted by atomic mass is 9.59. The maximum Gasteiger partial charge on any atom is 0.334 e. The molecule has 1 aromatic rings. The van der Waals surface area contributed by atoms with Gasteiger partial charge < -0.3 is 4.74 Å². The predicted octanol–water partition coefficient (Wildman–Crippen LogP) is 3.75. The van der Waals surface area contributed by atoms with E-state index in [9.17, 15) is 4.79 Å². The van der Waals surface area contributed by atoms with Crippen LogP contribution in [0.25, 0.3) is 0 Å². The largest absolute Gasteiger partial charge is 0.451 e. The first-order chi connectivity index (χ1) is 8.98. The molecule has 19 heavy (non-hydrogen) atoms. The molecule has 0 saturated heterocycles. The molecule has 0 aromatic heterocycles. The second kappa shape index (κ2) is 3.96. The van der Waals surface area contributed by atoms with Crippen molar-refractivity contribution in [3.63, 3.8) is 0 Å². The number of hydrogen-bond donors (Lipinski definition) is 0. The Morgan fingerprint density at radius 1 is 1.32 bits per heavy atom. The first-order valence-electron chi connectivity index (χ1n) is 6.96. The topological polar surface area (TPSA) is 26.3 Å². The molecule has 1 aromatic carbocycles. The molecule has 1 unspecified atom stereocenters. The number of carbonyl (C=O) groups excluding carboxylic acids is 1. The number of ether oxygens (including phenoxy) is 1. The first-order valence-corrected chi connectivity index (χ1v) is 6.96. The Morgan fingerprint density at radius 2 is 2.00 bits per heavy atom. The molecule has 1 fully saturated rings. The second-order valence-corrected chi connectivity index (χ2v) is 6.17. The molecule has 0 amide bonds. The zero-order chi connectivity index (χ0) is 13.7. The zero-order valence-corrected chi connectivity index (χ0v) is 11.7. The summed E-state index contributed by atoms with van der Waals surface area (Å²) in [6.07, 6.45) is 4.54. The molecule has 2 aliphatic carbocycles. The van der Waals surface area contributed by atoms with Gasteiger partial charge in [-0.25, -0.2) is 4.79 Å². The number of benzene rings is 1. The Balaban J connectivity index is 2.04. The van der Waals surface area contributed by atoms with Crippen LogP contribution in [0.3, 0.4) is 0 Å². The van der Waals surface area contributed by atoms with Crippen molar-refractivity contribution in [2.24, 2.45) is 5.41 Å². The third-order valence-corrected chi connectivity index (χ3v) is 5.03. The van der Waals surface area contributed by atoms with E-state index in [1.54, 1.807) is 6.92 Å². The van der Waals surface area contributed by atoms with Crippen LogP contribution in [0.15, 0.2) is 36.4 Å². The van der Waals surface area contributed by atoms with Crippen molar-refractivity contribution in [3.05, 3.63) is 47.5 Å². The lowest BCUT2D eigenvalue weighted by Crippen LogP contribution is -2.48. The van der Waals surface area contributed by atoms with Gasteiger partial charge in [-0.05, 0) is 44.2 Å². The van der Waals surface area contributed by atoms with Crippen LogP contribution in [0, 0.1) is 5.41 Å². The monoisotopic (exact) mass is 256 g/mol. The Kier molecular flexibility index (Phi) is 2.60. The van der Waals surface area contributed by atoms with Gasteiger partial charge in [-0.3, -0.25) is 0 Å². The molecule has 100 valence electrons.